The fourth-order valence-corrected chi connectivity index (χ4v) is 3.05. The Morgan fingerprint density at radius 2 is 2.14 bits per heavy atom. The molecule has 0 saturated heterocycles. The number of aliphatic imine (C=N–C) groups is 1. The van der Waals surface area contributed by atoms with Gasteiger partial charge in [0.2, 0.25) is 5.88 Å². The number of guanidine groups is 1. The first-order chi connectivity index (χ1) is 13.5. The van der Waals surface area contributed by atoms with E-state index >= 15 is 0 Å². The van der Waals surface area contributed by atoms with Crippen LogP contribution in [0, 0.1) is 0 Å². The molecular weight excluding hydrogens is 352 g/mol. The number of ether oxygens (including phenoxy) is 1. The number of rotatable bonds is 9. The fourth-order valence-electron chi connectivity index (χ4n) is 3.05. The van der Waals surface area contributed by atoms with E-state index in [1.165, 1.54) is 5.56 Å². The zero-order valence-corrected chi connectivity index (χ0v) is 18.1. The van der Waals surface area contributed by atoms with Crippen molar-refractivity contribution in [2.24, 2.45) is 12.0 Å². The normalized spacial score (nSPS) is 11.8. The summed E-state index contributed by atoms with van der Waals surface area (Å²) in [7, 11) is 5.80. The van der Waals surface area contributed by atoms with Crippen LogP contribution in [0.15, 0.2) is 29.5 Å². The first kappa shape index (κ1) is 21.7. The molecule has 0 saturated carbocycles. The maximum Gasteiger partial charge on any atom is 0.218 e. The highest BCUT2D eigenvalue weighted by Gasteiger charge is 2.15. The maximum atomic E-state index is 5.83. The summed E-state index contributed by atoms with van der Waals surface area (Å²) in [5.74, 6) is 1.90. The minimum atomic E-state index is 0.387. The van der Waals surface area contributed by atoms with E-state index in [0.29, 0.717) is 24.9 Å². The van der Waals surface area contributed by atoms with Crippen molar-refractivity contribution in [3.05, 3.63) is 41.3 Å². The molecule has 0 radical (unpaired) electrons. The highest BCUT2D eigenvalue weighted by molar-refractivity contribution is 5.79. The third-order valence-electron chi connectivity index (χ3n) is 4.49. The molecule has 2 rings (SSSR count). The molecule has 154 valence electrons. The van der Waals surface area contributed by atoms with Gasteiger partial charge in [-0.3, -0.25) is 9.67 Å². The molecule has 0 atom stereocenters. The van der Waals surface area contributed by atoms with E-state index in [-0.39, 0.29) is 0 Å². The summed E-state index contributed by atoms with van der Waals surface area (Å²) in [6.07, 6.45) is 5.98. The van der Waals surface area contributed by atoms with Crippen molar-refractivity contribution in [1.29, 1.82) is 0 Å². The molecule has 0 aromatic carbocycles. The average molecular weight is 387 g/mol. The summed E-state index contributed by atoms with van der Waals surface area (Å²) in [5, 5.41) is 8.01. The Labute approximate surface area is 168 Å². The van der Waals surface area contributed by atoms with Crippen LogP contribution < -0.4 is 10.1 Å². The lowest BCUT2D eigenvalue weighted by Gasteiger charge is -2.22. The standard InChI is InChI=1S/C21H34N6O/c1-7-8-12-28-20-17(10-9-11-23-20)13-24-21(22-4)26(5)14-18-15-27(6)25-19(18)16(2)3/h9-11,15-16H,7-8,12-14H2,1-6H3,(H,22,24). The van der Waals surface area contributed by atoms with Gasteiger partial charge < -0.3 is 15.0 Å². The van der Waals surface area contributed by atoms with Crippen molar-refractivity contribution in [2.75, 3.05) is 20.7 Å². The molecule has 2 aromatic rings. The second-order valence-electron chi connectivity index (χ2n) is 7.29. The lowest BCUT2D eigenvalue weighted by molar-refractivity contribution is 0.294. The molecule has 2 heterocycles. The Bertz CT molecular complexity index is 768. The third-order valence-corrected chi connectivity index (χ3v) is 4.49. The minimum Gasteiger partial charge on any atom is -0.477 e. The van der Waals surface area contributed by atoms with Gasteiger partial charge >= 0.3 is 0 Å². The SMILES string of the molecule is CCCCOc1ncccc1CNC(=NC)N(C)Cc1cn(C)nc1C(C)C. The molecule has 1 N–H and O–H groups in total. The van der Waals surface area contributed by atoms with Crippen molar-refractivity contribution in [3.63, 3.8) is 0 Å². The van der Waals surface area contributed by atoms with Crippen LogP contribution in [0.2, 0.25) is 0 Å². The van der Waals surface area contributed by atoms with Gasteiger partial charge in [0.05, 0.1) is 12.3 Å². The summed E-state index contributed by atoms with van der Waals surface area (Å²) in [5.41, 5.74) is 3.37. The van der Waals surface area contributed by atoms with E-state index in [2.05, 4.69) is 52.3 Å². The first-order valence-corrected chi connectivity index (χ1v) is 9.97. The van der Waals surface area contributed by atoms with Crippen molar-refractivity contribution >= 4 is 5.96 Å². The van der Waals surface area contributed by atoms with Gasteiger partial charge in [-0.15, -0.1) is 0 Å². The number of aromatic nitrogens is 3. The first-order valence-electron chi connectivity index (χ1n) is 9.97. The quantitative estimate of drug-likeness (QED) is 0.407. The zero-order valence-electron chi connectivity index (χ0n) is 18.1. The van der Waals surface area contributed by atoms with Gasteiger partial charge in [-0.05, 0) is 18.4 Å². The van der Waals surface area contributed by atoms with Crippen LogP contribution in [0.4, 0.5) is 0 Å². The molecule has 0 fully saturated rings. The summed E-state index contributed by atoms with van der Waals surface area (Å²) in [6.45, 7) is 8.53. The van der Waals surface area contributed by atoms with E-state index in [1.807, 2.05) is 30.9 Å². The number of unbranched alkanes of at least 4 members (excludes halogenated alkanes) is 1. The average Bonchev–Trinajstić information content (AvgIpc) is 3.04. The summed E-state index contributed by atoms with van der Waals surface area (Å²) < 4.78 is 7.71. The van der Waals surface area contributed by atoms with Gasteiger partial charge in [-0.1, -0.05) is 33.3 Å². The third kappa shape index (κ3) is 5.97. The van der Waals surface area contributed by atoms with Crippen molar-refractivity contribution in [3.8, 4) is 5.88 Å². The Balaban J connectivity index is 2.01. The molecule has 0 spiro atoms. The number of aryl methyl sites for hydroxylation is 1. The lowest BCUT2D eigenvalue weighted by Crippen LogP contribution is -2.38. The predicted octanol–water partition coefficient (Wildman–Crippen LogP) is 3.32. The van der Waals surface area contributed by atoms with Crippen molar-refractivity contribution < 1.29 is 4.74 Å². The van der Waals surface area contributed by atoms with Crippen molar-refractivity contribution in [2.45, 2.75) is 52.6 Å². The summed E-state index contributed by atoms with van der Waals surface area (Å²) in [6, 6.07) is 3.97. The van der Waals surface area contributed by atoms with E-state index < -0.39 is 0 Å². The van der Waals surface area contributed by atoms with Crippen LogP contribution >= 0.6 is 0 Å². The number of hydrogen-bond acceptors (Lipinski definition) is 4. The second-order valence-corrected chi connectivity index (χ2v) is 7.29. The van der Waals surface area contributed by atoms with E-state index in [1.54, 1.807) is 13.2 Å². The molecule has 0 amide bonds. The van der Waals surface area contributed by atoms with Crippen LogP contribution in [-0.2, 0) is 20.1 Å². The highest BCUT2D eigenvalue weighted by Crippen LogP contribution is 2.19. The Kier molecular flexibility index (Phi) is 8.29. The van der Waals surface area contributed by atoms with Crippen molar-refractivity contribution in [1.82, 2.24) is 25.0 Å². The molecular formula is C21H34N6O. The topological polar surface area (TPSA) is 67.6 Å². The highest BCUT2D eigenvalue weighted by atomic mass is 16.5. The largest absolute Gasteiger partial charge is 0.477 e. The number of pyridine rings is 1. The maximum absolute atomic E-state index is 5.83. The zero-order chi connectivity index (χ0) is 20.5. The molecule has 2 aromatic heterocycles. The minimum absolute atomic E-state index is 0.387. The second kappa shape index (κ2) is 10.7. The van der Waals surface area contributed by atoms with Crippen LogP contribution in [0.5, 0.6) is 5.88 Å². The Hall–Kier alpha value is -2.57. The van der Waals surface area contributed by atoms with Gasteiger partial charge in [0.25, 0.3) is 0 Å². The smallest absolute Gasteiger partial charge is 0.218 e. The molecule has 7 heteroatoms. The Morgan fingerprint density at radius 3 is 2.82 bits per heavy atom. The molecule has 0 aliphatic carbocycles. The van der Waals surface area contributed by atoms with Gasteiger partial charge in [0.1, 0.15) is 0 Å². The molecule has 0 aliphatic heterocycles. The molecule has 7 nitrogen and oxygen atoms in total. The number of hydrogen-bond donors (Lipinski definition) is 1. The lowest BCUT2D eigenvalue weighted by atomic mass is 10.1. The van der Waals surface area contributed by atoms with Gasteiger partial charge in [-0.25, -0.2) is 4.98 Å². The number of nitrogens with zero attached hydrogens (tertiary/aromatic N) is 5. The van der Waals surface area contributed by atoms with Gasteiger partial charge in [-0.2, -0.15) is 5.10 Å². The van der Waals surface area contributed by atoms with Crippen LogP contribution in [0.3, 0.4) is 0 Å². The number of nitrogens with one attached hydrogen (secondary N) is 1. The summed E-state index contributed by atoms with van der Waals surface area (Å²) >= 11 is 0. The van der Waals surface area contributed by atoms with Gasteiger partial charge in [0.15, 0.2) is 5.96 Å². The van der Waals surface area contributed by atoms with E-state index in [9.17, 15) is 0 Å². The molecule has 0 bridgehead atoms. The van der Waals surface area contributed by atoms with Gasteiger partial charge in [0, 0.05) is 57.8 Å². The van der Waals surface area contributed by atoms with E-state index in [4.69, 9.17) is 4.74 Å². The van der Waals surface area contributed by atoms with Crippen LogP contribution in [0.1, 0.15) is 56.4 Å². The summed E-state index contributed by atoms with van der Waals surface area (Å²) in [4.78, 5) is 10.9. The molecule has 28 heavy (non-hydrogen) atoms. The monoisotopic (exact) mass is 386 g/mol. The fraction of sp³-hybridized carbons (Fsp3) is 0.571. The predicted molar refractivity (Wildman–Crippen MR) is 114 cm³/mol. The Morgan fingerprint density at radius 1 is 1.36 bits per heavy atom. The van der Waals surface area contributed by atoms with Crippen LogP contribution in [0.25, 0.3) is 0 Å². The molecule has 0 aliphatic rings. The molecule has 0 unspecified atom stereocenters. The van der Waals surface area contributed by atoms with E-state index in [0.717, 1.165) is 36.6 Å². The van der Waals surface area contributed by atoms with Crippen LogP contribution in [-0.4, -0.2) is 46.3 Å².